The molecule has 1 aliphatic rings. The highest BCUT2D eigenvalue weighted by molar-refractivity contribution is 5.70. The molecule has 1 N–H and O–H groups in total. The molecule has 2 rings (SSSR count). The number of nitrogens with zero attached hydrogens (tertiary/aromatic N) is 2. The third-order valence-corrected chi connectivity index (χ3v) is 4.82. The van der Waals surface area contributed by atoms with Crippen molar-refractivity contribution >= 4 is 5.97 Å². The van der Waals surface area contributed by atoms with Crippen molar-refractivity contribution in [3.63, 3.8) is 0 Å². The number of carboxylic acid groups (broad SMARTS) is 1. The summed E-state index contributed by atoms with van der Waals surface area (Å²) in [6, 6.07) is 0.0172. The molecule has 4 heteroatoms. The van der Waals surface area contributed by atoms with Crippen molar-refractivity contribution in [2.24, 2.45) is 11.8 Å². The van der Waals surface area contributed by atoms with Gasteiger partial charge in [0.2, 0.25) is 0 Å². The summed E-state index contributed by atoms with van der Waals surface area (Å²) >= 11 is 0. The lowest BCUT2D eigenvalue weighted by Gasteiger charge is -2.34. The average Bonchev–Trinajstić information content (AvgIpc) is 2.65. The van der Waals surface area contributed by atoms with Crippen LogP contribution in [0.25, 0.3) is 0 Å². The molecule has 3 atom stereocenters. The lowest BCUT2D eigenvalue weighted by atomic mass is 9.77. The van der Waals surface area contributed by atoms with Crippen LogP contribution in [-0.4, -0.2) is 20.9 Å². The normalized spacial score (nSPS) is 27.5. The highest BCUT2D eigenvalue weighted by atomic mass is 16.4. The van der Waals surface area contributed by atoms with E-state index >= 15 is 0 Å². The van der Waals surface area contributed by atoms with Crippen molar-refractivity contribution in [3.8, 4) is 0 Å². The molecule has 1 aliphatic carbocycles. The van der Waals surface area contributed by atoms with Crippen LogP contribution >= 0.6 is 0 Å². The number of hydrogen-bond donors (Lipinski definition) is 1. The zero-order chi connectivity index (χ0) is 14.2. The van der Waals surface area contributed by atoms with Crippen LogP contribution in [-0.2, 0) is 4.79 Å². The highest BCUT2D eigenvalue weighted by Gasteiger charge is 2.37. The molecule has 3 unspecified atom stereocenters. The molecular weight excluding hydrogens is 240 g/mol. The molecule has 0 spiro atoms. The molecule has 0 amide bonds. The summed E-state index contributed by atoms with van der Waals surface area (Å²) in [5, 5.41) is 14.0. The quantitative estimate of drug-likeness (QED) is 0.911. The van der Waals surface area contributed by atoms with Gasteiger partial charge in [-0.05, 0) is 51.5 Å². The second-order valence-corrected chi connectivity index (χ2v) is 5.84. The van der Waals surface area contributed by atoms with Gasteiger partial charge in [-0.2, -0.15) is 5.10 Å². The Morgan fingerprint density at radius 2 is 2.05 bits per heavy atom. The molecule has 19 heavy (non-hydrogen) atoms. The number of rotatable bonds is 3. The van der Waals surface area contributed by atoms with Crippen molar-refractivity contribution < 1.29 is 9.90 Å². The van der Waals surface area contributed by atoms with Gasteiger partial charge in [0, 0.05) is 5.69 Å². The van der Waals surface area contributed by atoms with Crippen molar-refractivity contribution in [1.82, 2.24) is 9.78 Å². The predicted molar refractivity (Wildman–Crippen MR) is 74.2 cm³/mol. The van der Waals surface area contributed by atoms with Crippen molar-refractivity contribution in [1.29, 1.82) is 0 Å². The summed E-state index contributed by atoms with van der Waals surface area (Å²) < 4.78 is 1.98. The van der Waals surface area contributed by atoms with Gasteiger partial charge in [0.05, 0.1) is 17.7 Å². The topological polar surface area (TPSA) is 55.1 Å². The standard InChI is InChI=1S/C15H24N2O2/c1-5-12-6-7-13(15(18)19)14(8-12)17-11(4)9(2)10(3)16-17/h12-14H,5-8H2,1-4H3,(H,18,19). The molecule has 0 radical (unpaired) electrons. The Hall–Kier alpha value is -1.32. The Bertz CT molecular complexity index is 479. The van der Waals surface area contributed by atoms with Crippen LogP contribution in [0, 0.1) is 32.6 Å². The zero-order valence-electron chi connectivity index (χ0n) is 12.3. The number of aryl methyl sites for hydroxylation is 1. The summed E-state index contributed by atoms with van der Waals surface area (Å²) in [5.74, 6) is -0.338. The maximum absolute atomic E-state index is 11.5. The summed E-state index contributed by atoms with van der Waals surface area (Å²) in [6.45, 7) is 8.29. The van der Waals surface area contributed by atoms with Crippen molar-refractivity contribution in [2.75, 3.05) is 0 Å². The molecule has 4 nitrogen and oxygen atoms in total. The summed E-state index contributed by atoms with van der Waals surface area (Å²) in [4.78, 5) is 11.5. The van der Waals surface area contributed by atoms with Gasteiger partial charge in [-0.25, -0.2) is 0 Å². The monoisotopic (exact) mass is 264 g/mol. The molecule has 1 aromatic heterocycles. The Morgan fingerprint density at radius 3 is 2.53 bits per heavy atom. The SMILES string of the molecule is CCC1CCC(C(=O)O)C(n2nc(C)c(C)c2C)C1. The van der Waals surface area contributed by atoms with E-state index in [1.807, 2.05) is 18.5 Å². The van der Waals surface area contributed by atoms with Gasteiger partial charge in [-0.3, -0.25) is 9.48 Å². The van der Waals surface area contributed by atoms with Crippen LogP contribution in [0.1, 0.15) is 55.6 Å². The molecule has 1 aromatic rings. The van der Waals surface area contributed by atoms with Gasteiger partial charge in [-0.15, -0.1) is 0 Å². The largest absolute Gasteiger partial charge is 0.481 e. The van der Waals surface area contributed by atoms with E-state index in [0.717, 1.165) is 37.1 Å². The minimum Gasteiger partial charge on any atom is -0.481 e. The van der Waals surface area contributed by atoms with Crippen molar-refractivity contribution in [2.45, 2.75) is 59.4 Å². The van der Waals surface area contributed by atoms with E-state index in [1.165, 1.54) is 5.56 Å². The van der Waals surface area contributed by atoms with E-state index in [1.54, 1.807) is 0 Å². The molecule has 1 fully saturated rings. The first kappa shape index (κ1) is 14.1. The van der Waals surface area contributed by atoms with Gasteiger partial charge in [0.25, 0.3) is 0 Å². The fourth-order valence-corrected chi connectivity index (χ4v) is 3.23. The molecular formula is C15H24N2O2. The fraction of sp³-hybridized carbons (Fsp3) is 0.733. The first-order chi connectivity index (χ1) is 8.95. The van der Waals surface area contributed by atoms with Gasteiger partial charge < -0.3 is 5.11 Å². The molecule has 0 bridgehead atoms. The Kier molecular flexibility index (Phi) is 3.97. The van der Waals surface area contributed by atoms with Gasteiger partial charge in [-0.1, -0.05) is 13.3 Å². The summed E-state index contributed by atoms with van der Waals surface area (Å²) in [7, 11) is 0. The molecule has 1 saturated carbocycles. The average molecular weight is 264 g/mol. The Morgan fingerprint density at radius 1 is 1.37 bits per heavy atom. The highest BCUT2D eigenvalue weighted by Crippen LogP contribution is 2.39. The summed E-state index contributed by atoms with van der Waals surface area (Å²) in [6.07, 6.45) is 3.87. The van der Waals surface area contributed by atoms with Gasteiger partial charge >= 0.3 is 5.97 Å². The van der Waals surface area contributed by atoms with Crippen LogP contribution in [0.2, 0.25) is 0 Å². The smallest absolute Gasteiger partial charge is 0.308 e. The van der Waals surface area contributed by atoms with Crippen molar-refractivity contribution in [3.05, 3.63) is 17.0 Å². The maximum atomic E-state index is 11.5. The number of carboxylic acids is 1. The first-order valence-electron chi connectivity index (χ1n) is 7.20. The lowest BCUT2D eigenvalue weighted by molar-refractivity contribution is -0.145. The minimum absolute atomic E-state index is 0.0172. The molecule has 0 saturated heterocycles. The molecule has 0 aromatic carbocycles. The number of hydrogen-bond acceptors (Lipinski definition) is 2. The third kappa shape index (κ3) is 2.53. The second-order valence-electron chi connectivity index (χ2n) is 5.84. The van der Waals surface area contributed by atoms with E-state index in [4.69, 9.17) is 0 Å². The third-order valence-electron chi connectivity index (χ3n) is 4.82. The van der Waals surface area contributed by atoms with Crippen LogP contribution < -0.4 is 0 Å². The predicted octanol–water partition coefficient (Wildman–Crippen LogP) is 3.26. The molecule has 106 valence electrons. The number of aromatic nitrogens is 2. The van der Waals surface area contributed by atoms with Crippen LogP contribution in [0.3, 0.4) is 0 Å². The van der Waals surface area contributed by atoms with Gasteiger partial charge in [0.1, 0.15) is 0 Å². The second kappa shape index (κ2) is 5.35. The summed E-state index contributed by atoms with van der Waals surface area (Å²) in [5.41, 5.74) is 3.31. The van der Waals surface area contributed by atoms with Crippen LogP contribution in [0.4, 0.5) is 0 Å². The van der Waals surface area contributed by atoms with E-state index in [-0.39, 0.29) is 12.0 Å². The minimum atomic E-state index is -0.676. The fourth-order valence-electron chi connectivity index (χ4n) is 3.23. The molecule has 0 aliphatic heterocycles. The van der Waals surface area contributed by atoms with E-state index in [9.17, 15) is 9.90 Å². The zero-order valence-corrected chi connectivity index (χ0v) is 12.3. The van der Waals surface area contributed by atoms with E-state index in [2.05, 4.69) is 18.9 Å². The van der Waals surface area contributed by atoms with Gasteiger partial charge in [0.15, 0.2) is 0 Å². The Balaban J connectivity index is 2.36. The van der Waals surface area contributed by atoms with E-state index < -0.39 is 5.97 Å². The van der Waals surface area contributed by atoms with Crippen LogP contribution in [0.15, 0.2) is 0 Å². The lowest BCUT2D eigenvalue weighted by Crippen LogP contribution is -2.33. The number of aliphatic carboxylic acids is 1. The Labute approximate surface area is 114 Å². The number of carbonyl (C=O) groups is 1. The molecule has 1 heterocycles. The first-order valence-corrected chi connectivity index (χ1v) is 7.20. The van der Waals surface area contributed by atoms with Crippen LogP contribution in [0.5, 0.6) is 0 Å². The van der Waals surface area contributed by atoms with E-state index in [0.29, 0.717) is 5.92 Å². The maximum Gasteiger partial charge on any atom is 0.308 e.